The minimum absolute atomic E-state index is 0.330. The Balaban J connectivity index is 2.60. The summed E-state index contributed by atoms with van der Waals surface area (Å²) in [6.45, 7) is 6.35. The van der Waals surface area contributed by atoms with E-state index in [1.807, 2.05) is 20.8 Å². The van der Waals surface area contributed by atoms with Gasteiger partial charge < -0.3 is 14.3 Å². The van der Waals surface area contributed by atoms with Crippen LogP contribution in [-0.2, 0) is 14.3 Å². The Bertz CT molecular complexity index is 177. The zero-order valence-electron chi connectivity index (χ0n) is 7.92. The highest BCUT2D eigenvalue weighted by molar-refractivity contribution is 5.51. The Kier molecular flexibility index (Phi) is 2.54. The van der Waals surface area contributed by atoms with Crippen molar-refractivity contribution in [2.24, 2.45) is 0 Å². The third-order valence-electron chi connectivity index (χ3n) is 2.09. The average Bonchev–Trinajstić information content (AvgIpc) is 1.83. The Hall–Kier alpha value is -0.410. The number of aldehydes is 1. The van der Waals surface area contributed by atoms with E-state index in [1.165, 1.54) is 0 Å². The third kappa shape index (κ3) is 2.29. The molecule has 0 aromatic carbocycles. The molecular formula is C9H16O3. The Morgan fingerprint density at radius 3 is 2.58 bits per heavy atom. The molecule has 0 unspecified atom stereocenters. The van der Waals surface area contributed by atoms with Crippen molar-refractivity contribution >= 4 is 6.29 Å². The van der Waals surface area contributed by atoms with Gasteiger partial charge in [-0.3, -0.25) is 0 Å². The maximum absolute atomic E-state index is 10.4. The van der Waals surface area contributed by atoms with Crippen LogP contribution in [-0.4, -0.2) is 24.3 Å². The molecule has 1 atom stereocenters. The molecule has 1 saturated heterocycles. The molecular weight excluding hydrogens is 156 g/mol. The van der Waals surface area contributed by atoms with Crippen molar-refractivity contribution in [1.29, 1.82) is 0 Å². The van der Waals surface area contributed by atoms with E-state index in [2.05, 4.69) is 0 Å². The highest BCUT2D eigenvalue weighted by Crippen LogP contribution is 2.31. The van der Waals surface area contributed by atoms with E-state index in [-0.39, 0.29) is 5.60 Å². The van der Waals surface area contributed by atoms with Crippen molar-refractivity contribution in [3.05, 3.63) is 0 Å². The monoisotopic (exact) mass is 172 g/mol. The van der Waals surface area contributed by atoms with E-state index >= 15 is 0 Å². The van der Waals surface area contributed by atoms with Crippen LogP contribution in [0.3, 0.4) is 0 Å². The average molecular weight is 172 g/mol. The van der Waals surface area contributed by atoms with E-state index in [0.29, 0.717) is 13.0 Å². The zero-order chi connectivity index (χ0) is 9.24. The summed E-state index contributed by atoms with van der Waals surface area (Å²) in [5, 5.41) is 0. The molecule has 0 aliphatic carbocycles. The summed E-state index contributed by atoms with van der Waals surface area (Å²) in [6, 6.07) is 0. The first-order valence-electron chi connectivity index (χ1n) is 4.25. The van der Waals surface area contributed by atoms with Gasteiger partial charge in [0.15, 0.2) is 5.79 Å². The van der Waals surface area contributed by atoms with Crippen LogP contribution >= 0.6 is 0 Å². The van der Waals surface area contributed by atoms with Gasteiger partial charge in [-0.2, -0.15) is 0 Å². The number of rotatable bonds is 2. The molecule has 0 aromatic rings. The van der Waals surface area contributed by atoms with E-state index in [0.717, 1.165) is 12.7 Å². The molecule has 1 aliphatic rings. The minimum Gasteiger partial charge on any atom is -0.350 e. The van der Waals surface area contributed by atoms with Gasteiger partial charge in [0.2, 0.25) is 0 Å². The maximum Gasteiger partial charge on any atom is 0.163 e. The first-order chi connectivity index (χ1) is 5.47. The molecule has 1 heterocycles. The molecule has 0 aromatic heterocycles. The smallest absolute Gasteiger partial charge is 0.163 e. The molecule has 0 saturated carbocycles. The molecule has 1 rings (SSSR count). The van der Waals surface area contributed by atoms with Gasteiger partial charge in [0.25, 0.3) is 0 Å². The lowest BCUT2D eigenvalue weighted by atomic mass is 9.97. The predicted octanol–water partition coefficient (Wildman–Crippen LogP) is 1.51. The van der Waals surface area contributed by atoms with Crippen LogP contribution in [0.25, 0.3) is 0 Å². The van der Waals surface area contributed by atoms with Gasteiger partial charge in [0, 0.05) is 12.8 Å². The quantitative estimate of drug-likeness (QED) is 0.592. The summed E-state index contributed by atoms with van der Waals surface area (Å²) in [4.78, 5) is 10.4. The summed E-state index contributed by atoms with van der Waals surface area (Å²) >= 11 is 0. The lowest BCUT2D eigenvalue weighted by molar-refractivity contribution is -0.304. The Morgan fingerprint density at radius 1 is 1.42 bits per heavy atom. The minimum atomic E-state index is -0.546. The predicted molar refractivity (Wildman–Crippen MR) is 44.8 cm³/mol. The normalized spacial score (nSPS) is 34.6. The lowest BCUT2D eigenvalue weighted by Crippen LogP contribution is -2.47. The fraction of sp³-hybridized carbons (Fsp3) is 0.889. The molecule has 1 fully saturated rings. The van der Waals surface area contributed by atoms with Crippen LogP contribution in [0.4, 0.5) is 0 Å². The molecule has 3 nitrogen and oxygen atoms in total. The molecule has 0 spiro atoms. The summed E-state index contributed by atoms with van der Waals surface area (Å²) in [7, 11) is 0. The number of hydrogen-bond acceptors (Lipinski definition) is 3. The van der Waals surface area contributed by atoms with Crippen LogP contribution in [0.1, 0.15) is 33.6 Å². The largest absolute Gasteiger partial charge is 0.350 e. The second-order valence-electron chi connectivity index (χ2n) is 3.92. The third-order valence-corrected chi connectivity index (χ3v) is 2.09. The van der Waals surface area contributed by atoms with Crippen LogP contribution in [0.15, 0.2) is 0 Å². The first-order valence-corrected chi connectivity index (χ1v) is 4.25. The molecule has 3 heteroatoms. The topological polar surface area (TPSA) is 35.5 Å². The standard InChI is InChI=1S/C9H16O3/c1-8(2)11-7-5-9(3,12-8)4-6-10/h6H,4-5,7H2,1-3H3/t9-/m0/s1. The second kappa shape index (κ2) is 3.15. The molecule has 70 valence electrons. The summed E-state index contributed by atoms with van der Waals surface area (Å²) < 4.78 is 11.0. The van der Waals surface area contributed by atoms with E-state index in [1.54, 1.807) is 0 Å². The first kappa shape index (κ1) is 9.68. The van der Waals surface area contributed by atoms with Gasteiger partial charge in [-0.05, 0) is 20.8 Å². The highest BCUT2D eigenvalue weighted by atomic mass is 16.7. The number of hydrogen-bond donors (Lipinski definition) is 0. The fourth-order valence-corrected chi connectivity index (χ4v) is 1.51. The van der Waals surface area contributed by atoms with Crippen molar-refractivity contribution in [2.45, 2.75) is 45.0 Å². The SMILES string of the molecule is CC1(C)OCC[C@](C)(CC=O)O1. The zero-order valence-corrected chi connectivity index (χ0v) is 7.92. The van der Waals surface area contributed by atoms with Crippen molar-refractivity contribution < 1.29 is 14.3 Å². The van der Waals surface area contributed by atoms with Gasteiger partial charge in [-0.1, -0.05) is 0 Å². The molecule has 0 bridgehead atoms. The van der Waals surface area contributed by atoms with E-state index in [4.69, 9.17) is 9.47 Å². The van der Waals surface area contributed by atoms with E-state index in [9.17, 15) is 4.79 Å². The summed E-state index contributed by atoms with van der Waals surface area (Å²) in [5.74, 6) is -0.546. The van der Waals surface area contributed by atoms with E-state index < -0.39 is 5.79 Å². The number of carbonyl (C=O) groups excluding carboxylic acids is 1. The number of carbonyl (C=O) groups is 1. The van der Waals surface area contributed by atoms with Gasteiger partial charge in [-0.25, -0.2) is 0 Å². The summed E-state index contributed by atoms with van der Waals surface area (Å²) in [5.41, 5.74) is -0.330. The van der Waals surface area contributed by atoms with Crippen molar-refractivity contribution in [1.82, 2.24) is 0 Å². The highest BCUT2D eigenvalue weighted by Gasteiger charge is 2.37. The number of ether oxygens (including phenoxy) is 2. The maximum atomic E-state index is 10.4. The molecule has 0 amide bonds. The fourth-order valence-electron chi connectivity index (χ4n) is 1.51. The van der Waals surface area contributed by atoms with Crippen molar-refractivity contribution in [2.75, 3.05) is 6.61 Å². The Labute approximate surface area is 73.0 Å². The molecule has 0 N–H and O–H groups in total. The van der Waals surface area contributed by atoms with Gasteiger partial charge >= 0.3 is 0 Å². The van der Waals surface area contributed by atoms with Gasteiger partial charge in [-0.15, -0.1) is 0 Å². The van der Waals surface area contributed by atoms with Gasteiger partial charge in [0.1, 0.15) is 6.29 Å². The summed E-state index contributed by atoms with van der Waals surface area (Å²) in [6.07, 6.45) is 2.14. The van der Waals surface area contributed by atoms with Crippen LogP contribution < -0.4 is 0 Å². The van der Waals surface area contributed by atoms with Crippen LogP contribution in [0.5, 0.6) is 0 Å². The van der Waals surface area contributed by atoms with Crippen LogP contribution in [0.2, 0.25) is 0 Å². The van der Waals surface area contributed by atoms with Crippen LogP contribution in [0, 0.1) is 0 Å². The molecule has 12 heavy (non-hydrogen) atoms. The van der Waals surface area contributed by atoms with Crippen molar-refractivity contribution in [3.8, 4) is 0 Å². The van der Waals surface area contributed by atoms with Crippen molar-refractivity contribution in [3.63, 3.8) is 0 Å². The second-order valence-corrected chi connectivity index (χ2v) is 3.92. The molecule has 0 radical (unpaired) electrons. The van der Waals surface area contributed by atoms with Gasteiger partial charge in [0.05, 0.1) is 12.2 Å². The Morgan fingerprint density at radius 2 is 2.08 bits per heavy atom. The lowest BCUT2D eigenvalue weighted by Gasteiger charge is -2.42. The molecule has 1 aliphatic heterocycles.